The number of benzene rings is 1. The molecule has 0 radical (unpaired) electrons. The van der Waals surface area contributed by atoms with Gasteiger partial charge in [-0.05, 0) is 62.8 Å². The van der Waals surface area contributed by atoms with Crippen LogP contribution in [0.1, 0.15) is 47.9 Å². The van der Waals surface area contributed by atoms with Crippen LogP contribution >= 0.6 is 0 Å². The third-order valence-corrected chi connectivity index (χ3v) is 5.66. The first-order chi connectivity index (χ1) is 9.33. The minimum Gasteiger partial charge on any atom is -0.284 e. The zero-order valence-corrected chi connectivity index (χ0v) is 13.4. The summed E-state index contributed by atoms with van der Waals surface area (Å²) in [7, 11) is -3.63. The van der Waals surface area contributed by atoms with E-state index >= 15 is 0 Å². The van der Waals surface area contributed by atoms with Crippen LogP contribution in [-0.4, -0.2) is 14.5 Å². The van der Waals surface area contributed by atoms with E-state index in [0.717, 1.165) is 47.9 Å². The number of rotatable bonds is 4. The van der Waals surface area contributed by atoms with E-state index in [1.165, 1.54) is 0 Å². The molecule has 1 saturated carbocycles. The summed E-state index contributed by atoms with van der Waals surface area (Å²) < 4.78 is 25.0. The van der Waals surface area contributed by atoms with Crippen molar-refractivity contribution in [1.82, 2.24) is 4.89 Å². The molecule has 0 aliphatic heterocycles. The highest BCUT2D eigenvalue weighted by molar-refractivity contribution is 7.89. The average Bonchev–Trinajstić information content (AvgIpc) is 2.87. The molecular weight excluding hydrogens is 274 g/mol. The average molecular weight is 297 g/mol. The molecule has 0 unspecified atom stereocenters. The van der Waals surface area contributed by atoms with Crippen LogP contribution in [0.5, 0.6) is 0 Å². The minimum absolute atomic E-state index is 0.0105. The molecule has 1 fully saturated rings. The molecule has 20 heavy (non-hydrogen) atoms. The standard InChI is InChI=1S/C15H23NO3S/c1-10-9-11(2)13(4)15(12(10)3)20(17,18)16-19-14-7-5-6-8-14/h9,14,16H,5-8H2,1-4H3. The van der Waals surface area contributed by atoms with Crippen LogP contribution in [0.3, 0.4) is 0 Å². The van der Waals surface area contributed by atoms with Crippen molar-refractivity contribution in [2.45, 2.75) is 64.4 Å². The van der Waals surface area contributed by atoms with E-state index in [2.05, 4.69) is 4.89 Å². The Bertz CT molecular complexity index is 576. The van der Waals surface area contributed by atoms with Gasteiger partial charge in [-0.2, -0.15) is 0 Å². The fraction of sp³-hybridized carbons (Fsp3) is 0.600. The third-order valence-electron chi connectivity index (χ3n) is 4.19. The lowest BCUT2D eigenvalue weighted by molar-refractivity contribution is 0.0223. The first-order valence-corrected chi connectivity index (χ1v) is 8.56. The van der Waals surface area contributed by atoms with Gasteiger partial charge >= 0.3 is 0 Å². The molecule has 0 spiro atoms. The van der Waals surface area contributed by atoms with Gasteiger partial charge in [0.25, 0.3) is 10.0 Å². The molecule has 112 valence electrons. The Balaban J connectivity index is 2.29. The molecule has 5 heteroatoms. The number of sulfonamides is 1. The molecule has 0 atom stereocenters. The quantitative estimate of drug-likeness (QED) is 0.869. The Hall–Kier alpha value is -0.910. The predicted octanol–water partition coefficient (Wildman–Crippen LogP) is 3.07. The Kier molecular flexibility index (Phi) is 4.52. The van der Waals surface area contributed by atoms with Crippen molar-refractivity contribution < 1.29 is 13.3 Å². The molecule has 1 N–H and O–H groups in total. The molecule has 1 aromatic rings. The summed E-state index contributed by atoms with van der Waals surface area (Å²) in [4.78, 5) is 8.05. The maximum absolute atomic E-state index is 12.5. The second-order valence-corrected chi connectivity index (χ2v) is 7.28. The van der Waals surface area contributed by atoms with E-state index in [0.29, 0.717) is 4.90 Å². The van der Waals surface area contributed by atoms with Crippen molar-refractivity contribution in [3.63, 3.8) is 0 Å². The molecule has 1 aliphatic rings. The Morgan fingerprint density at radius 3 is 2.05 bits per heavy atom. The normalized spacial score (nSPS) is 16.8. The second kappa shape index (κ2) is 5.84. The highest BCUT2D eigenvalue weighted by Crippen LogP contribution is 2.26. The topological polar surface area (TPSA) is 55.4 Å². The SMILES string of the molecule is Cc1cc(C)c(C)c(S(=O)(=O)NOC2CCCC2)c1C. The molecule has 4 nitrogen and oxygen atoms in total. The summed E-state index contributed by atoms with van der Waals surface area (Å²) in [5.41, 5.74) is 3.54. The smallest absolute Gasteiger partial charge is 0.263 e. The highest BCUT2D eigenvalue weighted by atomic mass is 32.2. The summed E-state index contributed by atoms with van der Waals surface area (Å²) >= 11 is 0. The van der Waals surface area contributed by atoms with E-state index in [4.69, 9.17) is 4.84 Å². The van der Waals surface area contributed by atoms with Gasteiger partial charge in [-0.3, -0.25) is 4.84 Å². The molecule has 0 aromatic heterocycles. The van der Waals surface area contributed by atoms with Crippen molar-refractivity contribution in [3.8, 4) is 0 Å². The molecule has 1 aliphatic carbocycles. The molecule has 1 aromatic carbocycles. The number of nitrogens with one attached hydrogen (secondary N) is 1. The van der Waals surface area contributed by atoms with Crippen molar-refractivity contribution in [3.05, 3.63) is 28.3 Å². The van der Waals surface area contributed by atoms with Gasteiger partial charge in [-0.15, -0.1) is 0 Å². The zero-order chi connectivity index (χ0) is 14.9. The van der Waals surface area contributed by atoms with Crippen LogP contribution in [0.2, 0.25) is 0 Å². The van der Waals surface area contributed by atoms with Gasteiger partial charge < -0.3 is 0 Å². The second-order valence-electron chi connectivity index (χ2n) is 5.70. The van der Waals surface area contributed by atoms with E-state index in [-0.39, 0.29) is 6.10 Å². The first kappa shape index (κ1) is 15.5. The van der Waals surface area contributed by atoms with Crippen molar-refractivity contribution in [2.75, 3.05) is 0 Å². The van der Waals surface area contributed by atoms with Crippen LogP contribution in [-0.2, 0) is 14.9 Å². The largest absolute Gasteiger partial charge is 0.284 e. The van der Waals surface area contributed by atoms with Gasteiger partial charge in [0.1, 0.15) is 0 Å². The van der Waals surface area contributed by atoms with Crippen LogP contribution in [0, 0.1) is 27.7 Å². The van der Waals surface area contributed by atoms with Crippen LogP contribution < -0.4 is 4.89 Å². The number of aryl methyl sites for hydroxylation is 2. The lowest BCUT2D eigenvalue weighted by Crippen LogP contribution is -2.29. The maximum Gasteiger partial charge on any atom is 0.263 e. The minimum atomic E-state index is -3.63. The van der Waals surface area contributed by atoms with Gasteiger partial charge in [-0.25, -0.2) is 8.42 Å². The first-order valence-electron chi connectivity index (χ1n) is 7.08. The van der Waals surface area contributed by atoms with Crippen LogP contribution in [0.4, 0.5) is 0 Å². The zero-order valence-electron chi connectivity index (χ0n) is 12.6. The van der Waals surface area contributed by atoms with Crippen LogP contribution in [0.15, 0.2) is 11.0 Å². The van der Waals surface area contributed by atoms with Gasteiger partial charge in [0.05, 0.1) is 11.0 Å². The monoisotopic (exact) mass is 297 g/mol. The van der Waals surface area contributed by atoms with Gasteiger partial charge in [-0.1, -0.05) is 23.8 Å². The molecule has 2 rings (SSSR count). The van der Waals surface area contributed by atoms with Crippen molar-refractivity contribution in [1.29, 1.82) is 0 Å². The fourth-order valence-electron chi connectivity index (χ4n) is 2.76. The summed E-state index contributed by atoms with van der Waals surface area (Å²) in [6, 6.07) is 2.02. The summed E-state index contributed by atoms with van der Waals surface area (Å²) in [6.07, 6.45) is 4.07. The lowest BCUT2D eigenvalue weighted by atomic mass is 10.0. The van der Waals surface area contributed by atoms with Gasteiger partial charge in [0, 0.05) is 0 Å². The molecule has 0 heterocycles. The summed E-state index contributed by atoms with van der Waals surface area (Å²) in [6.45, 7) is 7.54. The van der Waals surface area contributed by atoms with Gasteiger partial charge in [0.2, 0.25) is 0 Å². The van der Waals surface area contributed by atoms with E-state index in [1.807, 2.05) is 33.8 Å². The molecular formula is C15H23NO3S. The molecule has 0 amide bonds. The predicted molar refractivity (Wildman–Crippen MR) is 79.1 cm³/mol. The van der Waals surface area contributed by atoms with Crippen LogP contribution in [0.25, 0.3) is 0 Å². The highest BCUT2D eigenvalue weighted by Gasteiger charge is 2.24. The molecule has 0 bridgehead atoms. The maximum atomic E-state index is 12.5. The Morgan fingerprint density at radius 1 is 1.05 bits per heavy atom. The van der Waals surface area contributed by atoms with E-state index in [1.54, 1.807) is 0 Å². The Labute approximate surface area is 121 Å². The number of hydrogen-bond donors (Lipinski definition) is 1. The number of hydrogen-bond acceptors (Lipinski definition) is 3. The third kappa shape index (κ3) is 3.05. The summed E-state index contributed by atoms with van der Waals surface area (Å²) in [5, 5.41) is 0. The van der Waals surface area contributed by atoms with Crippen molar-refractivity contribution in [2.24, 2.45) is 0 Å². The van der Waals surface area contributed by atoms with Crippen molar-refractivity contribution >= 4 is 10.0 Å². The van der Waals surface area contributed by atoms with E-state index in [9.17, 15) is 8.42 Å². The van der Waals surface area contributed by atoms with E-state index < -0.39 is 10.0 Å². The summed E-state index contributed by atoms with van der Waals surface area (Å²) in [5.74, 6) is 0. The Morgan fingerprint density at radius 2 is 1.55 bits per heavy atom. The van der Waals surface area contributed by atoms with Gasteiger partial charge in [0.15, 0.2) is 0 Å². The fourth-order valence-corrected chi connectivity index (χ4v) is 4.24. The lowest BCUT2D eigenvalue weighted by Gasteiger charge is -2.17. The molecule has 0 saturated heterocycles.